The SMILES string of the molecule is C[C@@H]1C2=CCC3C4CCC(CCCCC(C)(C)O)[C@@]4(C)CC[C@@]3(C)C2CC[C@@H]1O[C@H]1C[C@@H](O)C[C@@H](O)O1. The quantitative estimate of drug-likeness (QED) is 0.271. The van der Waals surface area contributed by atoms with E-state index in [0.29, 0.717) is 29.1 Å². The number of unbranched alkanes of at least 4 members (excludes halogenated alkanes) is 1. The van der Waals surface area contributed by atoms with Gasteiger partial charge in [-0.25, -0.2) is 0 Å². The molecule has 4 unspecified atom stereocenters. The number of hydrogen-bond donors (Lipinski definition) is 3. The molecule has 3 saturated carbocycles. The number of ether oxygens (including phenoxy) is 2. The Morgan fingerprint density at radius 3 is 2.49 bits per heavy atom. The predicted octanol–water partition coefficient (Wildman–Crippen LogP) is 6.34. The lowest BCUT2D eigenvalue weighted by Crippen LogP contribution is -2.53. The van der Waals surface area contributed by atoms with Gasteiger partial charge in [-0.2, -0.15) is 0 Å². The Morgan fingerprint density at radius 2 is 1.76 bits per heavy atom. The van der Waals surface area contributed by atoms with Crippen molar-refractivity contribution in [3.8, 4) is 0 Å². The van der Waals surface area contributed by atoms with Crippen LogP contribution in [0.3, 0.4) is 0 Å². The molecule has 11 atom stereocenters. The Morgan fingerprint density at radius 1 is 1.00 bits per heavy atom. The fourth-order valence-corrected chi connectivity index (χ4v) is 9.75. The number of aliphatic hydroxyl groups excluding tert-OH is 2. The standard InChI is InChI=1S/C32H54O5/c1-20-23-10-12-26-25-11-9-21(8-6-7-15-30(2,3)35)31(25,4)16-17-32(26,5)24(23)13-14-27(20)36-29-19-22(33)18-28(34)37-29/h10,20-22,24-29,33-35H,6-9,11-19H2,1-5H3/t20-,21?,22+,24?,25?,26?,27+,28+,29-,31-,32+/m1/s1. The Kier molecular flexibility index (Phi) is 7.97. The third-order valence-corrected chi connectivity index (χ3v) is 11.9. The summed E-state index contributed by atoms with van der Waals surface area (Å²) in [5.74, 6) is 3.49. The normalized spacial score (nSPS) is 48.1. The van der Waals surface area contributed by atoms with Crippen LogP contribution in [0.25, 0.3) is 0 Å². The van der Waals surface area contributed by atoms with Crippen LogP contribution in [0.2, 0.25) is 0 Å². The second-order valence-electron chi connectivity index (χ2n) is 14.7. The molecule has 37 heavy (non-hydrogen) atoms. The van der Waals surface area contributed by atoms with E-state index in [-0.39, 0.29) is 12.5 Å². The maximum Gasteiger partial charge on any atom is 0.163 e. The molecule has 0 aromatic rings. The molecular weight excluding hydrogens is 464 g/mol. The van der Waals surface area contributed by atoms with Crippen LogP contribution in [0.15, 0.2) is 11.6 Å². The van der Waals surface area contributed by atoms with Crippen molar-refractivity contribution in [3.63, 3.8) is 0 Å². The smallest absolute Gasteiger partial charge is 0.163 e. The molecule has 0 aromatic heterocycles. The van der Waals surface area contributed by atoms with Gasteiger partial charge in [-0.3, -0.25) is 0 Å². The first-order chi connectivity index (χ1) is 17.4. The molecule has 5 rings (SSSR count). The molecule has 4 fully saturated rings. The van der Waals surface area contributed by atoms with Gasteiger partial charge in [0.1, 0.15) is 0 Å². The minimum atomic E-state index is -0.928. The maximum atomic E-state index is 10.1. The fourth-order valence-electron chi connectivity index (χ4n) is 9.75. The lowest BCUT2D eigenvalue weighted by Gasteiger charge is -2.60. The van der Waals surface area contributed by atoms with Gasteiger partial charge in [0, 0.05) is 18.8 Å². The third-order valence-electron chi connectivity index (χ3n) is 11.9. The van der Waals surface area contributed by atoms with E-state index in [1.807, 2.05) is 13.8 Å². The topological polar surface area (TPSA) is 79.2 Å². The molecule has 5 nitrogen and oxygen atoms in total. The molecule has 3 N–H and O–H groups in total. The van der Waals surface area contributed by atoms with Crippen molar-refractivity contribution in [3.05, 3.63) is 11.6 Å². The van der Waals surface area contributed by atoms with Crippen LogP contribution in [0, 0.1) is 40.4 Å². The van der Waals surface area contributed by atoms with E-state index in [1.165, 1.54) is 51.4 Å². The minimum Gasteiger partial charge on any atom is -0.393 e. The van der Waals surface area contributed by atoms with E-state index < -0.39 is 24.3 Å². The molecule has 4 aliphatic carbocycles. The Labute approximate surface area is 225 Å². The zero-order valence-electron chi connectivity index (χ0n) is 24.1. The average molecular weight is 519 g/mol. The molecule has 1 aliphatic heterocycles. The van der Waals surface area contributed by atoms with Crippen molar-refractivity contribution in [2.24, 2.45) is 40.4 Å². The summed E-state index contributed by atoms with van der Waals surface area (Å²) in [4.78, 5) is 0. The number of allylic oxidation sites excluding steroid dienone is 1. The molecule has 0 radical (unpaired) electrons. The second kappa shape index (κ2) is 10.5. The molecule has 5 aliphatic rings. The third kappa shape index (κ3) is 5.46. The summed E-state index contributed by atoms with van der Waals surface area (Å²) < 4.78 is 12.0. The summed E-state index contributed by atoms with van der Waals surface area (Å²) in [6, 6.07) is 0. The van der Waals surface area contributed by atoms with Crippen molar-refractivity contribution in [2.45, 2.75) is 148 Å². The number of hydrogen-bond acceptors (Lipinski definition) is 5. The van der Waals surface area contributed by atoms with Gasteiger partial charge in [-0.05, 0) is 106 Å². The van der Waals surface area contributed by atoms with Crippen molar-refractivity contribution < 1.29 is 24.8 Å². The molecule has 0 aromatic carbocycles. The zero-order valence-corrected chi connectivity index (χ0v) is 24.1. The molecule has 0 spiro atoms. The highest BCUT2D eigenvalue weighted by molar-refractivity contribution is 5.25. The van der Waals surface area contributed by atoms with Crippen molar-refractivity contribution in [2.75, 3.05) is 0 Å². The first-order valence-corrected chi connectivity index (χ1v) is 15.5. The monoisotopic (exact) mass is 518 g/mol. The van der Waals surface area contributed by atoms with Gasteiger partial charge in [-0.1, -0.05) is 45.3 Å². The molecule has 1 saturated heterocycles. The molecular formula is C32H54O5. The molecule has 1 heterocycles. The Bertz CT molecular complexity index is 824. The highest BCUT2D eigenvalue weighted by Crippen LogP contribution is 2.68. The van der Waals surface area contributed by atoms with Gasteiger partial charge >= 0.3 is 0 Å². The molecule has 0 amide bonds. The number of fused-ring (bicyclic) bond motifs is 5. The Hall–Kier alpha value is -0.460. The summed E-state index contributed by atoms with van der Waals surface area (Å²) in [5, 5.41) is 30.1. The first kappa shape index (κ1) is 28.1. The van der Waals surface area contributed by atoms with Gasteiger partial charge in [0.15, 0.2) is 12.6 Å². The maximum absolute atomic E-state index is 10.1. The average Bonchev–Trinajstić information content (AvgIpc) is 3.13. The van der Waals surface area contributed by atoms with E-state index in [4.69, 9.17) is 9.47 Å². The largest absolute Gasteiger partial charge is 0.393 e. The van der Waals surface area contributed by atoms with E-state index in [2.05, 4.69) is 26.8 Å². The molecule has 0 bridgehead atoms. The summed E-state index contributed by atoms with van der Waals surface area (Å²) in [7, 11) is 0. The summed E-state index contributed by atoms with van der Waals surface area (Å²) in [6.07, 6.45) is 15.0. The van der Waals surface area contributed by atoms with Gasteiger partial charge in [0.25, 0.3) is 0 Å². The van der Waals surface area contributed by atoms with Crippen molar-refractivity contribution >= 4 is 0 Å². The van der Waals surface area contributed by atoms with Crippen LogP contribution in [-0.2, 0) is 9.47 Å². The number of aliphatic hydroxyl groups is 3. The summed E-state index contributed by atoms with van der Waals surface area (Å²) in [5.41, 5.74) is 1.94. The van der Waals surface area contributed by atoms with E-state index in [1.54, 1.807) is 5.57 Å². The first-order valence-electron chi connectivity index (χ1n) is 15.5. The lowest BCUT2D eigenvalue weighted by atomic mass is 9.45. The highest BCUT2D eigenvalue weighted by Gasteiger charge is 2.60. The van der Waals surface area contributed by atoms with Crippen LogP contribution in [0.5, 0.6) is 0 Å². The van der Waals surface area contributed by atoms with E-state index >= 15 is 0 Å². The highest BCUT2D eigenvalue weighted by atomic mass is 16.7. The lowest BCUT2D eigenvalue weighted by molar-refractivity contribution is -0.286. The van der Waals surface area contributed by atoms with Gasteiger partial charge < -0.3 is 24.8 Å². The van der Waals surface area contributed by atoms with E-state index in [0.717, 1.165) is 37.0 Å². The Balaban J connectivity index is 1.24. The molecule has 5 heteroatoms. The van der Waals surface area contributed by atoms with Crippen LogP contribution < -0.4 is 0 Å². The minimum absolute atomic E-state index is 0.0961. The van der Waals surface area contributed by atoms with Gasteiger partial charge in [0.2, 0.25) is 0 Å². The van der Waals surface area contributed by atoms with Crippen LogP contribution >= 0.6 is 0 Å². The van der Waals surface area contributed by atoms with Gasteiger partial charge in [0.05, 0.1) is 17.8 Å². The summed E-state index contributed by atoms with van der Waals surface area (Å²) in [6.45, 7) is 11.5. The van der Waals surface area contributed by atoms with Crippen LogP contribution in [0.1, 0.15) is 118 Å². The summed E-state index contributed by atoms with van der Waals surface area (Å²) >= 11 is 0. The van der Waals surface area contributed by atoms with E-state index in [9.17, 15) is 15.3 Å². The number of rotatable bonds is 7. The predicted molar refractivity (Wildman–Crippen MR) is 145 cm³/mol. The van der Waals surface area contributed by atoms with Crippen LogP contribution in [-0.4, -0.2) is 45.7 Å². The van der Waals surface area contributed by atoms with Crippen LogP contribution in [0.4, 0.5) is 0 Å². The van der Waals surface area contributed by atoms with Gasteiger partial charge in [-0.15, -0.1) is 0 Å². The van der Waals surface area contributed by atoms with Crippen molar-refractivity contribution in [1.82, 2.24) is 0 Å². The fraction of sp³-hybridized carbons (Fsp3) is 0.938. The molecule has 212 valence electrons. The second-order valence-corrected chi connectivity index (χ2v) is 14.7. The zero-order chi connectivity index (χ0) is 26.6. The van der Waals surface area contributed by atoms with Crippen molar-refractivity contribution in [1.29, 1.82) is 0 Å².